The summed E-state index contributed by atoms with van der Waals surface area (Å²) < 4.78 is 62.0. The molecule has 2 aromatic carbocycles. The molecule has 2 aromatic rings. The van der Waals surface area contributed by atoms with E-state index in [0.29, 0.717) is 12.8 Å². The molecule has 1 unspecified atom stereocenters. The number of halogens is 4. The highest BCUT2D eigenvalue weighted by Crippen LogP contribution is 2.37. The molecule has 0 spiro atoms. The minimum absolute atomic E-state index is 0.135. The molecule has 0 aliphatic carbocycles. The smallest absolute Gasteiger partial charge is 0.419 e. The van der Waals surface area contributed by atoms with Gasteiger partial charge in [0.05, 0.1) is 30.9 Å². The predicted molar refractivity (Wildman–Crippen MR) is 116 cm³/mol. The van der Waals surface area contributed by atoms with E-state index in [1.54, 1.807) is 0 Å². The highest BCUT2D eigenvalue weighted by molar-refractivity contribution is 9.10. The van der Waals surface area contributed by atoms with Gasteiger partial charge >= 0.3 is 14.9 Å². The summed E-state index contributed by atoms with van der Waals surface area (Å²) in [6, 6.07) is 11.4. The molecule has 31 heavy (non-hydrogen) atoms. The van der Waals surface area contributed by atoms with E-state index in [-0.39, 0.29) is 24.5 Å². The van der Waals surface area contributed by atoms with Crippen LogP contribution in [0.1, 0.15) is 23.1 Å². The molecule has 0 fully saturated rings. The van der Waals surface area contributed by atoms with Crippen LogP contribution in [0.25, 0.3) is 6.08 Å². The van der Waals surface area contributed by atoms with Crippen LogP contribution >= 0.6 is 24.6 Å². The van der Waals surface area contributed by atoms with Crippen molar-refractivity contribution in [2.45, 2.75) is 24.6 Å². The van der Waals surface area contributed by atoms with Crippen LogP contribution in [0.5, 0.6) is 5.75 Å². The average Bonchev–Trinajstić information content (AvgIpc) is 2.75. The SMILES string of the molecule is NC(/C=C/c1ccc(OCCCc2ccc(Br)cc2)c(C(F)(F)F)c1)(CO)COP=O. The van der Waals surface area contributed by atoms with E-state index in [4.69, 9.17) is 10.5 Å². The zero-order chi connectivity index (χ0) is 22.9. The molecule has 2 rings (SSSR count). The first kappa shape index (κ1) is 25.5. The second-order valence-electron chi connectivity index (χ2n) is 6.90. The van der Waals surface area contributed by atoms with Gasteiger partial charge in [-0.25, -0.2) is 4.57 Å². The van der Waals surface area contributed by atoms with Crippen LogP contribution < -0.4 is 10.5 Å². The molecule has 0 aliphatic rings. The van der Waals surface area contributed by atoms with Crippen molar-refractivity contribution in [3.8, 4) is 5.75 Å². The zero-order valence-corrected chi connectivity index (χ0v) is 18.9. The van der Waals surface area contributed by atoms with Gasteiger partial charge in [0.1, 0.15) is 5.75 Å². The minimum Gasteiger partial charge on any atom is -0.493 e. The van der Waals surface area contributed by atoms with Crippen molar-refractivity contribution in [3.05, 3.63) is 69.7 Å². The molecule has 0 aromatic heterocycles. The van der Waals surface area contributed by atoms with Crippen molar-refractivity contribution in [1.29, 1.82) is 0 Å². The summed E-state index contributed by atoms with van der Waals surface area (Å²) in [5.74, 6) is -0.255. The van der Waals surface area contributed by atoms with Gasteiger partial charge in [0.15, 0.2) is 0 Å². The average molecular weight is 520 g/mol. The van der Waals surface area contributed by atoms with Gasteiger partial charge in [-0.1, -0.05) is 46.3 Å². The van der Waals surface area contributed by atoms with Gasteiger partial charge in [0, 0.05) is 4.47 Å². The molecule has 0 radical (unpaired) electrons. The van der Waals surface area contributed by atoms with E-state index in [0.717, 1.165) is 16.1 Å². The molecule has 0 aliphatic heterocycles. The zero-order valence-electron chi connectivity index (χ0n) is 16.4. The van der Waals surface area contributed by atoms with E-state index in [1.807, 2.05) is 24.3 Å². The molecule has 0 amide bonds. The van der Waals surface area contributed by atoms with Crippen LogP contribution in [-0.4, -0.2) is 30.5 Å². The number of aliphatic hydroxyl groups is 1. The lowest BCUT2D eigenvalue weighted by Gasteiger charge is -2.21. The highest BCUT2D eigenvalue weighted by atomic mass is 79.9. The van der Waals surface area contributed by atoms with Gasteiger partial charge in [0.2, 0.25) is 0 Å². The summed E-state index contributed by atoms with van der Waals surface area (Å²) in [4.78, 5) is 0. The lowest BCUT2D eigenvalue weighted by Crippen LogP contribution is -2.45. The molecule has 5 nitrogen and oxygen atoms in total. The Kier molecular flexibility index (Phi) is 9.65. The number of hydrogen-bond acceptors (Lipinski definition) is 5. The van der Waals surface area contributed by atoms with Crippen molar-refractivity contribution in [2.24, 2.45) is 5.73 Å². The number of rotatable bonds is 11. The maximum Gasteiger partial charge on any atom is 0.419 e. The van der Waals surface area contributed by atoms with Crippen molar-refractivity contribution < 1.29 is 32.1 Å². The Labute approximate surface area is 188 Å². The first-order chi connectivity index (χ1) is 14.7. The summed E-state index contributed by atoms with van der Waals surface area (Å²) in [5, 5.41) is 9.37. The van der Waals surface area contributed by atoms with Gasteiger partial charge in [-0.2, -0.15) is 13.2 Å². The standard InChI is InChI=1S/C21H22BrF3NO4P/c22-17-6-3-15(4-7-17)2-1-11-29-19-8-5-16(12-18(19)21(23,24)25)9-10-20(26,13-27)14-30-31-28/h3-10,12,27H,1-2,11,13-14,26H2/b10-9+. The van der Waals surface area contributed by atoms with Crippen LogP contribution in [0.3, 0.4) is 0 Å². The number of nitrogens with two attached hydrogens (primary N) is 1. The lowest BCUT2D eigenvalue weighted by molar-refractivity contribution is -0.139. The topological polar surface area (TPSA) is 81.8 Å². The van der Waals surface area contributed by atoms with E-state index in [9.17, 15) is 22.8 Å². The quantitative estimate of drug-likeness (QED) is 0.306. The Hall–Kier alpha value is -1.77. The van der Waals surface area contributed by atoms with Crippen molar-refractivity contribution in [1.82, 2.24) is 0 Å². The summed E-state index contributed by atoms with van der Waals surface area (Å²) in [6.07, 6.45) is -0.710. The third kappa shape index (κ3) is 8.35. The second kappa shape index (κ2) is 11.7. The molecule has 1 atom stereocenters. The van der Waals surface area contributed by atoms with Crippen LogP contribution in [0.2, 0.25) is 0 Å². The third-order valence-electron chi connectivity index (χ3n) is 4.38. The predicted octanol–water partition coefficient (Wildman–Crippen LogP) is 5.41. The summed E-state index contributed by atoms with van der Waals surface area (Å²) in [6.45, 7) is -0.669. The van der Waals surface area contributed by atoms with E-state index >= 15 is 0 Å². The molecule has 168 valence electrons. The molecule has 0 bridgehead atoms. The van der Waals surface area contributed by atoms with E-state index in [1.165, 1.54) is 24.3 Å². The van der Waals surface area contributed by atoms with Gasteiger partial charge in [-0.15, -0.1) is 0 Å². The number of ether oxygens (including phenoxy) is 1. The molecule has 10 heteroatoms. The fraction of sp³-hybridized carbons (Fsp3) is 0.333. The number of benzene rings is 2. The normalized spacial score (nSPS) is 14.1. The van der Waals surface area contributed by atoms with E-state index < -0.39 is 32.6 Å². The first-order valence-electron chi connectivity index (χ1n) is 9.29. The van der Waals surface area contributed by atoms with Crippen LogP contribution in [0, 0.1) is 0 Å². The lowest BCUT2D eigenvalue weighted by atomic mass is 10.0. The summed E-state index contributed by atoms with van der Waals surface area (Å²) in [5.41, 5.74) is 4.87. The maximum atomic E-state index is 13.5. The van der Waals surface area contributed by atoms with E-state index in [2.05, 4.69) is 20.5 Å². The maximum absolute atomic E-state index is 13.5. The molecule has 0 saturated heterocycles. The van der Waals surface area contributed by atoms with Gasteiger partial charge in [-0.3, -0.25) is 4.52 Å². The molecule has 0 saturated carbocycles. The van der Waals surface area contributed by atoms with Gasteiger partial charge < -0.3 is 15.6 Å². The summed E-state index contributed by atoms with van der Waals surface area (Å²) in [7, 11) is -0.610. The fourth-order valence-electron chi connectivity index (χ4n) is 2.66. The monoisotopic (exact) mass is 519 g/mol. The number of alkyl halides is 3. The molecule has 3 N–H and O–H groups in total. The highest BCUT2D eigenvalue weighted by Gasteiger charge is 2.34. The first-order valence-corrected chi connectivity index (χ1v) is 10.8. The Morgan fingerprint density at radius 2 is 1.87 bits per heavy atom. The van der Waals surface area contributed by atoms with Crippen LogP contribution in [0.15, 0.2) is 53.0 Å². The van der Waals surface area contributed by atoms with Crippen molar-refractivity contribution in [3.63, 3.8) is 0 Å². The molecule has 0 heterocycles. The Morgan fingerprint density at radius 1 is 1.16 bits per heavy atom. The van der Waals surface area contributed by atoms with Crippen molar-refractivity contribution >= 4 is 30.7 Å². The molecular weight excluding hydrogens is 498 g/mol. The van der Waals surface area contributed by atoms with Gasteiger partial charge in [0.25, 0.3) is 0 Å². The van der Waals surface area contributed by atoms with Crippen LogP contribution in [0.4, 0.5) is 13.2 Å². The Morgan fingerprint density at radius 3 is 2.48 bits per heavy atom. The number of aryl methyl sites for hydroxylation is 1. The number of hydrogen-bond donors (Lipinski definition) is 2. The third-order valence-corrected chi connectivity index (χ3v) is 5.14. The largest absolute Gasteiger partial charge is 0.493 e. The molecular formula is C21H22BrF3NO4P. The minimum atomic E-state index is -4.60. The Bertz CT molecular complexity index is 893. The number of aliphatic hydroxyl groups excluding tert-OH is 1. The second-order valence-corrected chi connectivity index (χ2v) is 8.23. The van der Waals surface area contributed by atoms with Crippen LogP contribution in [-0.2, 0) is 21.7 Å². The van der Waals surface area contributed by atoms with Crippen molar-refractivity contribution in [2.75, 3.05) is 19.8 Å². The Balaban J connectivity index is 2.07. The fourth-order valence-corrected chi connectivity index (χ4v) is 3.22. The van der Waals surface area contributed by atoms with Gasteiger partial charge in [-0.05, 0) is 48.2 Å². The summed E-state index contributed by atoms with van der Waals surface area (Å²) >= 11 is 3.35.